The first kappa shape index (κ1) is 13.5. The highest BCUT2D eigenvalue weighted by Crippen LogP contribution is 2.11. The smallest absolute Gasteiger partial charge is 0.0766 e. The third-order valence-corrected chi connectivity index (χ3v) is 3.24. The van der Waals surface area contributed by atoms with Crippen molar-refractivity contribution in [3.05, 3.63) is 45.8 Å². The molecule has 0 atom stereocenters. The summed E-state index contributed by atoms with van der Waals surface area (Å²) in [5.41, 5.74) is 2.11. The second kappa shape index (κ2) is 6.86. The Morgan fingerprint density at radius 2 is 2.06 bits per heavy atom. The van der Waals surface area contributed by atoms with E-state index in [0.717, 1.165) is 31.1 Å². The van der Waals surface area contributed by atoms with Crippen LogP contribution in [0.25, 0.3) is 5.69 Å². The lowest BCUT2D eigenvalue weighted by Crippen LogP contribution is -2.18. The lowest BCUT2D eigenvalue weighted by molar-refractivity contribution is 0.199. The number of ether oxygens (including phenoxy) is 1. The Kier molecular flexibility index (Phi) is 5.15. The fraction of sp³-hybridized carbons (Fsp3) is 0.308. The van der Waals surface area contributed by atoms with E-state index in [2.05, 4.69) is 57.3 Å². The predicted molar refractivity (Wildman–Crippen MR) is 79.9 cm³/mol. The number of hydrogen-bond acceptors (Lipinski definition) is 3. The summed E-state index contributed by atoms with van der Waals surface area (Å²) >= 11 is 2.30. The van der Waals surface area contributed by atoms with Crippen LogP contribution < -0.4 is 5.32 Å². The van der Waals surface area contributed by atoms with Crippen molar-refractivity contribution in [3.8, 4) is 5.69 Å². The highest BCUT2D eigenvalue weighted by molar-refractivity contribution is 14.1. The van der Waals surface area contributed by atoms with Crippen molar-refractivity contribution in [3.63, 3.8) is 0 Å². The van der Waals surface area contributed by atoms with E-state index in [9.17, 15) is 0 Å². The molecule has 96 valence electrons. The van der Waals surface area contributed by atoms with Gasteiger partial charge in [-0.15, -0.1) is 0 Å². The maximum absolute atomic E-state index is 4.98. The van der Waals surface area contributed by atoms with E-state index < -0.39 is 0 Å². The number of aromatic nitrogens is 2. The number of benzene rings is 1. The van der Waals surface area contributed by atoms with Gasteiger partial charge in [0.15, 0.2) is 0 Å². The van der Waals surface area contributed by atoms with Crippen LogP contribution in [0.2, 0.25) is 0 Å². The van der Waals surface area contributed by atoms with Crippen LogP contribution in [-0.2, 0) is 11.3 Å². The van der Waals surface area contributed by atoms with Crippen molar-refractivity contribution >= 4 is 22.6 Å². The van der Waals surface area contributed by atoms with Gasteiger partial charge in [0, 0.05) is 30.0 Å². The number of rotatable bonds is 6. The van der Waals surface area contributed by atoms with E-state index >= 15 is 0 Å². The van der Waals surface area contributed by atoms with Gasteiger partial charge in [0.1, 0.15) is 0 Å². The molecule has 2 aromatic rings. The highest BCUT2D eigenvalue weighted by atomic mass is 127. The number of methoxy groups -OCH3 is 1. The Morgan fingerprint density at radius 3 is 2.78 bits per heavy atom. The first-order chi connectivity index (χ1) is 8.79. The minimum atomic E-state index is 0.720. The number of nitrogens with one attached hydrogen (secondary N) is 1. The van der Waals surface area contributed by atoms with Crippen LogP contribution in [-0.4, -0.2) is 30.0 Å². The summed E-state index contributed by atoms with van der Waals surface area (Å²) in [7, 11) is 1.70. The maximum Gasteiger partial charge on any atom is 0.0766 e. The van der Waals surface area contributed by atoms with E-state index in [1.807, 2.05) is 16.9 Å². The average Bonchev–Trinajstić information content (AvgIpc) is 2.84. The molecule has 4 nitrogen and oxygen atoms in total. The molecule has 0 aliphatic heterocycles. The van der Waals surface area contributed by atoms with E-state index in [1.54, 1.807) is 7.11 Å². The van der Waals surface area contributed by atoms with E-state index in [4.69, 9.17) is 4.74 Å². The summed E-state index contributed by atoms with van der Waals surface area (Å²) in [6, 6.07) is 10.3. The fourth-order valence-corrected chi connectivity index (χ4v) is 1.94. The van der Waals surface area contributed by atoms with Gasteiger partial charge in [-0.05, 0) is 52.9 Å². The van der Waals surface area contributed by atoms with Crippen LogP contribution in [0.3, 0.4) is 0 Å². The van der Waals surface area contributed by atoms with Gasteiger partial charge in [-0.3, -0.25) is 0 Å². The monoisotopic (exact) mass is 357 g/mol. The van der Waals surface area contributed by atoms with Gasteiger partial charge < -0.3 is 10.1 Å². The molecular weight excluding hydrogens is 341 g/mol. The van der Waals surface area contributed by atoms with Crippen LogP contribution in [0.15, 0.2) is 36.5 Å². The zero-order valence-electron chi connectivity index (χ0n) is 10.3. The molecule has 0 saturated heterocycles. The summed E-state index contributed by atoms with van der Waals surface area (Å²) < 4.78 is 8.10. The molecule has 0 saturated carbocycles. The summed E-state index contributed by atoms with van der Waals surface area (Å²) in [5, 5.41) is 7.79. The standard InChI is InChI=1S/C13H16IN3O/c1-18-9-7-15-10-12-6-8-17(16-12)13-4-2-11(14)3-5-13/h2-6,8,15H,7,9-10H2,1H3. The van der Waals surface area contributed by atoms with Gasteiger partial charge in [0.2, 0.25) is 0 Å². The summed E-state index contributed by atoms with van der Waals surface area (Å²) in [6.45, 7) is 2.32. The number of nitrogens with zero attached hydrogens (tertiary/aromatic N) is 2. The molecule has 0 aliphatic carbocycles. The zero-order valence-corrected chi connectivity index (χ0v) is 12.4. The number of halogens is 1. The zero-order chi connectivity index (χ0) is 12.8. The Labute approximate surface area is 120 Å². The van der Waals surface area contributed by atoms with Crippen molar-refractivity contribution in [2.75, 3.05) is 20.3 Å². The van der Waals surface area contributed by atoms with Crippen molar-refractivity contribution in [1.82, 2.24) is 15.1 Å². The molecule has 0 radical (unpaired) electrons. The highest BCUT2D eigenvalue weighted by Gasteiger charge is 2.00. The molecule has 1 aromatic carbocycles. The van der Waals surface area contributed by atoms with Gasteiger partial charge in [0.05, 0.1) is 18.0 Å². The fourth-order valence-electron chi connectivity index (χ4n) is 1.58. The quantitative estimate of drug-likeness (QED) is 0.637. The second-order valence-electron chi connectivity index (χ2n) is 3.90. The Bertz CT molecular complexity index is 481. The molecule has 0 bridgehead atoms. The SMILES string of the molecule is COCCNCc1ccn(-c2ccc(I)cc2)n1. The van der Waals surface area contributed by atoms with Crippen molar-refractivity contribution in [2.24, 2.45) is 0 Å². The molecule has 1 N–H and O–H groups in total. The normalized spacial score (nSPS) is 10.8. The van der Waals surface area contributed by atoms with E-state index in [-0.39, 0.29) is 0 Å². The van der Waals surface area contributed by atoms with Crippen LogP contribution in [0.1, 0.15) is 5.69 Å². The van der Waals surface area contributed by atoms with Gasteiger partial charge >= 0.3 is 0 Å². The van der Waals surface area contributed by atoms with Crippen molar-refractivity contribution < 1.29 is 4.74 Å². The lowest BCUT2D eigenvalue weighted by Gasteiger charge is -2.02. The van der Waals surface area contributed by atoms with Gasteiger partial charge in [-0.1, -0.05) is 0 Å². The minimum Gasteiger partial charge on any atom is -0.383 e. The van der Waals surface area contributed by atoms with Crippen molar-refractivity contribution in [1.29, 1.82) is 0 Å². The third-order valence-electron chi connectivity index (χ3n) is 2.52. The number of hydrogen-bond donors (Lipinski definition) is 1. The molecule has 2 rings (SSSR count). The molecule has 0 fully saturated rings. The molecule has 0 unspecified atom stereocenters. The molecule has 0 aliphatic rings. The van der Waals surface area contributed by atoms with Gasteiger partial charge in [-0.25, -0.2) is 4.68 Å². The summed E-state index contributed by atoms with van der Waals surface area (Å²) in [5.74, 6) is 0. The summed E-state index contributed by atoms with van der Waals surface area (Å²) in [4.78, 5) is 0. The first-order valence-corrected chi connectivity index (χ1v) is 6.87. The minimum absolute atomic E-state index is 0.720. The van der Waals surface area contributed by atoms with Crippen LogP contribution in [0.4, 0.5) is 0 Å². The largest absolute Gasteiger partial charge is 0.383 e. The lowest BCUT2D eigenvalue weighted by atomic mass is 10.3. The molecule has 0 amide bonds. The van der Waals surface area contributed by atoms with Crippen molar-refractivity contribution in [2.45, 2.75) is 6.54 Å². The van der Waals surface area contributed by atoms with Crippen LogP contribution in [0.5, 0.6) is 0 Å². The Morgan fingerprint density at radius 1 is 1.28 bits per heavy atom. The molecule has 5 heteroatoms. The molecular formula is C13H16IN3O. The van der Waals surface area contributed by atoms with E-state index in [1.165, 1.54) is 3.57 Å². The molecule has 0 spiro atoms. The predicted octanol–water partition coefficient (Wildman–Crippen LogP) is 2.21. The maximum atomic E-state index is 4.98. The van der Waals surface area contributed by atoms with E-state index in [0.29, 0.717) is 0 Å². The average molecular weight is 357 g/mol. The first-order valence-electron chi connectivity index (χ1n) is 5.80. The van der Waals surface area contributed by atoms with Crippen LogP contribution in [0, 0.1) is 3.57 Å². The second-order valence-corrected chi connectivity index (χ2v) is 5.14. The Balaban J connectivity index is 1.95. The molecule has 1 heterocycles. The molecule has 18 heavy (non-hydrogen) atoms. The summed E-state index contributed by atoms with van der Waals surface area (Å²) in [6.07, 6.45) is 1.98. The topological polar surface area (TPSA) is 39.1 Å². The third kappa shape index (κ3) is 3.79. The van der Waals surface area contributed by atoms with Crippen LogP contribution >= 0.6 is 22.6 Å². The van der Waals surface area contributed by atoms with Gasteiger partial charge in [0.25, 0.3) is 0 Å². The van der Waals surface area contributed by atoms with Gasteiger partial charge in [-0.2, -0.15) is 5.10 Å². The Hall–Kier alpha value is -0.920. The molecule has 1 aromatic heterocycles.